The summed E-state index contributed by atoms with van der Waals surface area (Å²) < 4.78 is 62.1. The summed E-state index contributed by atoms with van der Waals surface area (Å²) in [4.78, 5) is 0. The van der Waals surface area contributed by atoms with Gasteiger partial charge in [-0.3, -0.25) is 0 Å². The fraction of sp³-hybridized carbons (Fsp3) is 0.455. The average Bonchev–Trinajstić information content (AvgIpc) is 2.26. The molecule has 1 N–H and O–H groups in total. The smallest absolute Gasteiger partial charge is 0.304 e. The van der Waals surface area contributed by atoms with Crippen LogP contribution in [0.15, 0.2) is 18.2 Å². The predicted molar refractivity (Wildman–Crippen MR) is 59.0 cm³/mol. The molecule has 0 spiro atoms. The van der Waals surface area contributed by atoms with E-state index in [0.29, 0.717) is 11.1 Å². The van der Waals surface area contributed by atoms with Crippen molar-refractivity contribution in [2.45, 2.75) is 31.6 Å². The quantitative estimate of drug-likeness (QED) is 0.781. The van der Waals surface area contributed by atoms with Crippen molar-refractivity contribution >= 4 is 12.4 Å². The SMILES string of the molecule is Cl.FC(F)C1Cc2ccc(C(F)(F)F)cc2CN1. The highest BCUT2D eigenvalue weighted by Gasteiger charge is 2.32. The van der Waals surface area contributed by atoms with Crippen LogP contribution >= 0.6 is 12.4 Å². The summed E-state index contributed by atoms with van der Waals surface area (Å²) in [5.41, 5.74) is 0.257. The molecule has 2 rings (SSSR count). The number of halogens is 6. The van der Waals surface area contributed by atoms with Crippen LogP contribution in [0, 0.1) is 0 Å². The minimum Gasteiger partial charge on any atom is -0.304 e. The number of hydrogen-bond donors (Lipinski definition) is 1. The normalized spacial score (nSPS) is 19.3. The molecule has 0 amide bonds. The lowest BCUT2D eigenvalue weighted by molar-refractivity contribution is -0.137. The first-order valence-corrected chi connectivity index (χ1v) is 5.08. The van der Waals surface area contributed by atoms with E-state index in [4.69, 9.17) is 0 Å². The molecule has 0 saturated carbocycles. The fourth-order valence-electron chi connectivity index (χ4n) is 1.89. The number of benzene rings is 1. The Morgan fingerprint density at radius 1 is 1.17 bits per heavy atom. The first-order chi connectivity index (χ1) is 7.88. The molecule has 1 aliphatic rings. The van der Waals surface area contributed by atoms with Gasteiger partial charge in [-0.1, -0.05) is 6.07 Å². The maximum absolute atomic E-state index is 12.4. The topological polar surface area (TPSA) is 12.0 Å². The molecular weight excluding hydrogens is 277 g/mol. The monoisotopic (exact) mass is 287 g/mol. The summed E-state index contributed by atoms with van der Waals surface area (Å²) in [5, 5.41) is 2.54. The van der Waals surface area contributed by atoms with Gasteiger partial charge in [0, 0.05) is 6.54 Å². The van der Waals surface area contributed by atoms with Gasteiger partial charge in [-0.15, -0.1) is 12.4 Å². The molecule has 1 heterocycles. The van der Waals surface area contributed by atoms with Crippen molar-refractivity contribution in [1.82, 2.24) is 5.32 Å². The Bertz CT molecular complexity index is 418. The lowest BCUT2D eigenvalue weighted by Gasteiger charge is -2.26. The van der Waals surface area contributed by atoms with E-state index in [-0.39, 0.29) is 25.4 Å². The predicted octanol–water partition coefficient (Wildman–Crippen LogP) is 3.41. The van der Waals surface area contributed by atoms with E-state index < -0.39 is 24.2 Å². The van der Waals surface area contributed by atoms with Crippen LogP contribution in [0.2, 0.25) is 0 Å². The van der Waals surface area contributed by atoms with Gasteiger partial charge in [-0.25, -0.2) is 8.78 Å². The molecular formula is C11H11ClF5N. The molecule has 0 radical (unpaired) electrons. The van der Waals surface area contributed by atoms with Crippen LogP contribution in [0.4, 0.5) is 22.0 Å². The molecule has 0 aromatic heterocycles. The summed E-state index contributed by atoms with van der Waals surface area (Å²) in [6.07, 6.45) is -6.84. The van der Waals surface area contributed by atoms with Crippen molar-refractivity contribution in [3.8, 4) is 0 Å². The Balaban J connectivity index is 0.00000162. The number of fused-ring (bicyclic) bond motifs is 1. The van der Waals surface area contributed by atoms with Gasteiger partial charge in [0.2, 0.25) is 0 Å². The molecule has 18 heavy (non-hydrogen) atoms. The summed E-state index contributed by atoms with van der Waals surface area (Å²) in [5.74, 6) is 0. The molecule has 1 unspecified atom stereocenters. The van der Waals surface area contributed by atoms with Crippen LogP contribution in [0.1, 0.15) is 16.7 Å². The highest BCUT2D eigenvalue weighted by molar-refractivity contribution is 5.85. The summed E-state index contributed by atoms with van der Waals surface area (Å²) in [7, 11) is 0. The van der Waals surface area contributed by atoms with E-state index in [1.807, 2.05) is 0 Å². The lowest BCUT2D eigenvalue weighted by Crippen LogP contribution is -2.40. The Hall–Kier alpha value is -0.880. The maximum Gasteiger partial charge on any atom is 0.416 e. The zero-order valence-corrected chi connectivity index (χ0v) is 9.92. The van der Waals surface area contributed by atoms with E-state index >= 15 is 0 Å². The van der Waals surface area contributed by atoms with Crippen LogP contribution in [0.25, 0.3) is 0 Å². The highest BCUT2D eigenvalue weighted by Crippen LogP contribution is 2.32. The second-order valence-corrected chi connectivity index (χ2v) is 4.01. The first-order valence-electron chi connectivity index (χ1n) is 5.08. The second-order valence-electron chi connectivity index (χ2n) is 4.01. The summed E-state index contributed by atoms with van der Waals surface area (Å²) in [6.45, 7) is 0.0499. The van der Waals surface area contributed by atoms with Crippen LogP contribution in [-0.2, 0) is 19.1 Å². The third kappa shape index (κ3) is 3.11. The molecule has 0 aliphatic carbocycles. The van der Waals surface area contributed by atoms with Crippen LogP contribution in [0.5, 0.6) is 0 Å². The van der Waals surface area contributed by atoms with Crippen molar-refractivity contribution in [2.24, 2.45) is 0 Å². The molecule has 102 valence electrons. The minimum absolute atomic E-state index is 0. The maximum atomic E-state index is 12.4. The Morgan fingerprint density at radius 3 is 2.39 bits per heavy atom. The highest BCUT2D eigenvalue weighted by atomic mass is 35.5. The summed E-state index contributed by atoms with van der Waals surface area (Å²) >= 11 is 0. The molecule has 0 saturated heterocycles. The van der Waals surface area contributed by atoms with Crippen molar-refractivity contribution < 1.29 is 22.0 Å². The molecule has 1 aromatic rings. The third-order valence-corrected chi connectivity index (χ3v) is 2.83. The number of hydrogen-bond acceptors (Lipinski definition) is 1. The van der Waals surface area contributed by atoms with Gasteiger partial charge in [0.15, 0.2) is 0 Å². The number of rotatable bonds is 1. The molecule has 1 nitrogen and oxygen atoms in total. The molecule has 1 aliphatic heterocycles. The molecule has 1 atom stereocenters. The number of nitrogens with one attached hydrogen (secondary N) is 1. The van der Waals surface area contributed by atoms with Gasteiger partial charge in [0.1, 0.15) is 0 Å². The molecule has 7 heteroatoms. The zero-order chi connectivity index (χ0) is 12.6. The Morgan fingerprint density at radius 2 is 1.83 bits per heavy atom. The molecule has 0 bridgehead atoms. The zero-order valence-electron chi connectivity index (χ0n) is 9.10. The van der Waals surface area contributed by atoms with E-state index in [1.165, 1.54) is 6.07 Å². The fourth-order valence-corrected chi connectivity index (χ4v) is 1.89. The van der Waals surface area contributed by atoms with Gasteiger partial charge >= 0.3 is 6.18 Å². The Labute approximate surface area is 107 Å². The van der Waals surface area contributed by atoms with Gasteiger partial charge in [-0.2, -0.15) is 13.2 Å². The van der Waals surface area contributed by atoms with Crippen LogP contribution in [-0.4, -0.2) is 12.5 Å². The van der Waals surface area contributed by atoms with E-state index in [9.17, 15) is 22.0 Å². The van der Waals surface area contributed by atoms with Crippen molar-refractivity contribution in [1.29, 1.82) is 0 Å². The number of alkyl halides is 5. The van der Waals surface area contributed by atoms with Gasteiger partial charge < -0.3 is 5.32 Å². The molecule has 0 fully saturated rings. The van der Waals surface area contributed by atoms with Gasteiger partial charge in [-0.05, 0) is 29.7 Å². The largest absolute Gasteiger partial charge is 0.416 e. The first kappa shape index (κ1) is 15.2. The van der Waals surface area contributed by atoms with E-state index in [1.54, 1.807) is 0 Å². The third-order valence-electron chi connectivity index (χ3n) is 2.83. The van der Waals surface area contributed by atoms with Gasteiger partial charge in [0.25, 0.3) is 6.43 Å². The standard InChI is InChI=1S/C11H10F5N.ClH/c12-10(13)9-4-6-1-2-8(11(14,15)16)3-7(6)5-17-9;/h1-3,9-10,17H,4-5H2;1H. The minimum atomic E-state index is -4.39. The van der Waals surface area contributed by atoms with Gasteiger partial charge in [0.05, 0.1) is 11.6 Å². The van der Waals surface area contributed by atoms with Crippen molar-refractivity contribution in [3.63, 3.8) is 0 Å². The molecule has 1 aromatic carbocycles. The summed E-state index contributed by atoms with van der Waals surface area (Å²) in [6, 6.07) is 2.27. The lowest BCUT2D eigenvalue weighted by atomic mass is 9.94. The average molecular weight is 288 g/mol. The Kier molecular flexibility index (Phi) is 4.55. The van der Waals surface area contributed by atoms with Crippen LogP contribution in [0.3, 0.4) is 0 Å². The van der Waals surface area contributed by atoms with Crippen molar-refractivity contribution in [2.75, 3.05) is 0 Å². The second kappa shape index (κ2) is 5.40. The van der Waals surface area contributed by atoms with Crippen LogP contribution < -0.4 is 5.32 Å². The van der Waals surface area contributed by atoms with E-state index in [0.717, 1.165) is 12.1 Å². The van der Waals surface area contributed by atoms with Crippen molar-refractivity contribution in [3.05, 3.63) is 34.9 Å². The van der Waals surface area contributed by atoms with E-state index in [2.05, 4.69) is 5.32 Å².